The molecule has 1 aromatic carbocycles. The van der Waals surface area contributed by atoms with Crippen LogP contribution in [0.5, 0.6) is 11.5 Å². The molecule has 7 nitrogen and oxygen atoms in total. The lowest BCUT2D eigenvalue weighted by Gasteiger charge is -2.11. The predicted molar refractivity (Wildman–Crippen MR) is 88.9 cm³/mol. The van der Waals surface area contributed by atoms with Crippen molar-refractivity contribution in [3.63, 3.8) is 0 Å². The van der Waals surface area contributed by atoms with Crippen molar-refractivity contribution in [1.82, 2.24) is 4.90 Å². The van der Waals surface area contributed by atoms with Gasteiger partial charge in [-0.15, -0.1) is 0 Å². The van der Waals surface area contributed by atoms with Crippen molar-refractivity contribution in [3.8, 4) is 11.5 Å². The van der Waals surface area contributed by atoms with Crippen LogP contribution in [0.15, 0.2) is 23.1 Å². The van der Waals surface area contributed by atoms with Crippen LogP contribution in [0.1, 0.15) is 12.5 Å². The van der Waals surface area contributed by atoms with Gasteiger partial charge in [0, 0.05) is 5.56 Å². The number of nitrogens with zero attached hydrogens (tertiary/aromatic N) is 1. The van der Waals surface area contributed by atoms with Gasteiger partial charge in [0.15, 0.2) is 0 Å². The molecule has 1 fully saturated rings. The Hall–Kier alpha value is -2.48. The molecule has 1 aliphatic rings. The van der Waals surface area contributed by atoms with Crippen LogP contribution in [-0.2, 0) is 14.3 Å². The molecule has 1 heterocycles. The number of carbonyl (C=O) groups is 3. The maximum absolute atomic E-state index is 12.4. The quantitative estimate of drug-likeness (QED) is 0.574. The number of carbonyl (C=O) groups excluding carboxylic acids is 3. The lowest BCUT2D eigenvalue weighted by atomic mass is 10.1. The first-order chi connectivity index (χ1) is 11.5. The number of thioether (sulfide) groups is 1. The highest BCUT2D eigenvalue weighted by Crippen LogP contribution is 2.34. The van der Waals surface area contributed by atoms with E-state index in [0.29, 0.717) is 17.1 Å². The van der Waals surface area contributed by atoms with Crippen LogP contribution in [0.2, 0.25) is 0 Å². The molecule has 8 heteroatoms. The van der Waals surface area contributed by atoms with Gasteiger partial charge in [0.1, 0.15) is 18.0 Å². The Kier molecular flexibility index (Phi) is 5.86. The summed E-state index contributed by atoms with van der Waals surface area (Å²) in [5, 5.41) is -0.513. The van der Waals surface area contributed by atoms with Crippen molar-refractivity contribution < 1.29 is 28.6 Å². The highest BCUT2D eigenvalue weighted by molar-refractivity contribution is 8.18. The highest BCUT2D eigenvalue weighted by Gasteiger charge is 2.36. The summed E-state index contributed by atoms with van der Waals surface area (Å²) in [6.45, 7) is 1.44. The van der Waals surface area contributed by atoms with Gasteiger partial charge in [-0.25, -0.2) is 0 Å². The molecular formula is C16H17NO6S. The average Bonchev–Trinajstić information content (AvgIpc) is 2.82. The number of rotatable bonds is 6. The first kappa shape index (κ1) is 17.9. The van der Waals surface area contributed by atoms with Gasteiger partial charge in [0.2, 0.25) is 0 Å². The molecule has 0 aromatic heterocycles. The molecule has 0 unspecified atom stereocenters. The first-order valence-electron chi connectivity index (χ1n) is 7.13. The summed E-state index contributed by atoms with van der Waals surface area (Å²) in [7, 11) is 3.03. The van der Waals surface area contributed by atoms with Gasteiger partial charge in [-0.3, -0.25) is 19.3 Å². The molecule has 0 N–H and O–H groups in total. The van der Waals surface area contributed by atoms with Crippen molar-refractivity contribution in [2.75, 3.05) is 27.4 Å². The minimum absolute atomic E-state index is 0.186. The molecule has 0 bridgehead atoms. The van der Waals surface area contributed by atoms with Gasteiger partial charge in [-0.2, -0.15) is 0 Å². The van der Waals surface area contributed by atoms with Gasteiger partial charge >= 0.3 is 5.97 Å². The molecule has 128 valence electrons. The predicted octanol–water partition coefficient (Wildman–Crippen LogP) is 2.30. The zero-order chi connectivity index (χ0) is 17.7. The molecule has 0 saturated carbocycles. The van der Waals surface area contributed by atoms with Gasteiger partial charge in [-0.05, 0) is 43.0 Å². The second-order valence-corrected chi connectivity index (χ2v) is 5.67. The van der Waals surface area contributed by atoms with Gasteiger partial charge in [0.25, 0.3) is 11.1 Å². The third-order valence-corrected chi connectivity index (χ3v) is 4.10. The zero-order valence-electron chi connectivity index (χ0n) is 13.5. The molecule has 0 spiro atoms. The summed E-state index contributed by atoms with van der Waals surface area (Å²) in [4.78, 5) is 36.9. The first-order valence-corrected chi connectivity index (χ1v) is 7.94. The van der Waals surface area contributed by atoms with Crippen molar-refractivity contribution in [1.29, 1.82) is 0 Å². The molecule has 1 saturated heterocycles. The van der Waals surface area contributed by atoms with Crippen molar-refractivity contribution in [3.05, 3.63) is 28.7 Å². The molecule has 0 radical (unpaired) electrons. The Labute approximate surface area is 143 Å². The Morgan fingerprint density at radius 3 is 2.62 bits per heavy atom. The SMILES string of the molecule is CCOC(=O)CN1C(=O)S/C(=C/c2cc(OC)ccc2OC)C1=O. The van der Waals surface area contributed by atoms with E-state index < -0.39 is 23.7 Å². The molecule has 24 heavy (non-hydrogen) atoms. The van der Waals surface area contributed by atoms with E-state index in [9.17, 15) is 14.4 Å². The molecule has 0 atom stereocenters. The van der Waals surface area contributed by atoms with Crippen molar-refractivity contribution >= 4 is 35.0 Å². The minimum Gasteiger partial charge on any atom is -0.497 e. The van der Waals surface area contributed by atoms with E-state index in [1.54, 1.807) is 25.1 Å². The summed E-state index contributed by atoms with van der Waals surface area (Å²) < 4.78 is 15.2. The number of imide groups is 1. The van der Waals surface area contributed by atoms with Gasteiger partial charge < -0.3 is 14.2 Å². The number of benzene rings is 1. The maximum Gasteiger partial charge on any atom is 0.326 e. The fraction of sp³-hybridized carbons (Fsp3) is 0.312. The van der Waals surface area contributed by atoms with Crippen LogP contribution in [-0.4, -0.2) is 49.4 Å². The molecule has 2 amide bonds. The molecular weight excluding hydrogens is 334 g/mol. The standard InChI is InChI=1S/C16H17NO6S/c1-4-23-14(18)9-17-15(19)13(24-16(17)20)8-10-7-11(21-2)5-6-12(10)22-3/h5-8H,4,9H2,1-3H3/b13-8+. The molecule has 1 aliphatic heterocycles. The van der Waals surface area contributed by atoms with Crippen LogP contribution in [0.25, 0.3) is 6.08 Å². The van der Waals surface area contributed by atoms with E-state index in [-0.39, 0.29) is 11.5 Å². The van der Waals surface area contributed by atoms with E-state index >= 15 is 0 Å². The second-order valence-electron chi connectivity index (χ2n) is 4.68. The largest absolute Gasteiger partial charge is 0.497 e. The van der Waals surface area contributed by atoms with E-state index in [1.807, 2.05) is 0 Å². The van der Waals surface area contributed by atoms with E-state index in [1.165, 1.54) is 20.3 Å². The monoisotopic (exact) mass is 351 g/mol. The third kappa shape index (κ3) is 3.88. The van der Waals surface area contributed by atoms with Gasteiger partial charge in [0.05, 0.1) is 25.7 Å². The zero-order valence-corrected chi connectivity index (χ0v) is 14.3. The number of ether oxygens (including phenoxy) is 3. The van der Waals surface area contributed by atoms with Crippen LogP contribution in [0.3, 0.4) is 0 Å². The highest BCUT2D eigenvalue weighted by atomic mass is 32.2. The number of hydrogen-bond acceptors (Lipinski definition) is 7. The van der Waals surface area contributed by atoms with E-state index in [2.05, 4.69) is 0 Å². The summed E-state index contributed by atoms with van der Waals surface area (Å²) in [6.07, 6.45) is 1.54. The lowest BCUT2D eigenvalue weighted by molar-refractivity contribution is -0.145. The summed E-state index contributed by atoms with van der Waals surface area (Å²) in [5.74, 6) is -0.0382. The fourth-order valence-electron chi connectivity index (χ4n) is 2.07. The number of amides is 2. The maximum atomic E-state index is 12.4. The smallest absolute Gasteiger partial charge is 0.326 e. The third-order valence-electron chi connectivity index (χ3n) is 3.19. The number of hydrogen-bond donors (Lipinski definition) is 0. The van der Waals surface area contributed by atoms with Crippen LogP contribution >= 0.6 is 11.8 Å². The summed E-state index contributed by atoms with van der Waals surface area (Å²) in [6, 6.07) is 5.12. The summed E-state index contributed by atoms with van der Waals surface area (Å²) in [5.41, 5.74) is 0.596. The molecule has 1 aromatic rings. The van der Waals surface area contributed by atoms with Crippen molar-refractivity contribution in [2.45, 2.75) is 6.92 Å². The van der Waals surface area contributed by atoms with Gasteiger partial charge in [-0.1, -0.05) is 0 Å². The van der Waals surface area contributed by atoms with Crippen LogP contribution in [0, 0.1) is 0 Å². The Morgan fingerprint density at radius 1 is 1.25 bits per heavy atom. The minimum atomic E-state index is -0.625. The summed E-state index contributed by atoms with van der Waals surface area (Å²) >= 11 is 0.764. The fourth-order valence-corrected chi connectivity index (χ4v) is 2.89. The van der Waals surface area contributed by atoms with E-state index in [4.69, 9.17) is 14.2 Å². The lowest BCUT2D eigenvalue weighted by Crippen LogP contribution is -2.34. The normalized spacial score (nSPS) is 15.8. The van der Waals surface area contributed by atoms with Crippen LogP contribution < -0.4 is 9.47 Å². The number of methoxy groups -OCH3 is 2. The number of esters is 1. The Morgan fingerprint density at radius 2 is 2.00 bits per heavy atom. The average molecular weight is 351 g/mol. The molecule has 2 rings (SSSR count). The van der Waals surface area contributed by atoms with Crippen LogP contribution in [0.4, 0.5) is 4.79 Å². The topological polar surface area (TPSA) is 82.1 Å². The van der Waals surface area contributed by atoms with E-state index in [0.717, 1.165) is 16.7 Å². The van der Waals surface area contributed by atoms with Crippen molar-refractivity contribution in [2.24, 2.45) is 0 Å². The Balaban J connectivity index is 2.27. The molecule has 0 aliphatic carbocycles. The second kappa shape index (κ2) is 7.87. The Bertz CT molecular complexity index is 700.